The first-order chi connectivity index (χ1) is 7.33. The number of benzene rings is 1. The van der Waals surface area contributed by atoms with Crippen LogP contribution in [-0.2, 0) is 0 Å². The lowest BCUT2D eigenvalue weighted by atomic mass is 9.99. The van der Waals surface area contributed by atoms with Gasteiger partial charge in [0.15, 0.2) is 5.78 Å². The summed E-state index contributed by atoms with van der Waals surface area (Å²) in [5, 5.41) is 0. The minimum atomic E-state index is 0.241. The Morgan fingerprint density at radius 2 is 1.93 bits per heavy atom. The van der Waals surface area contributed by atoms with E-state index in [4.69, 9.17) is 0 Å². The van der Waals surface area contributed by atoms with Gasteiger partial charge >= 0.3 is 0 Å². The quantitative estimate of drug-likeness (QED) is 0.679. The molecule has 1 aliphatic rings. The van der Waals surface area contributed by atoms with Gasteiger partial charge in [-0.05, 0) is 31.3 Å². The van der Waals surface area contributed by atoms with Gasteiger partial charge in [0, 0.05) is 5.56 Å². The van der Waals surface area contributed by atoms with Crippen LogP contribution in [0.2, 0.25) is 0 Å². The Bertz CT molecular complexity index is 387. The summed E-state index contributed by atoms with van der Waals surface area (Å²) < 4.78 is 0. The van der Waals surface area contributed by atoms with Crippen LogP contribution in [0.3, 0.4) is 0 Å². The summed E-state index contributed by atoms with van der Waals surface area (Å²) in [6.45, 7) is 2.14. The number of carbonyl (C=O) groups is 1. The first-order valence-electron chi connectivity index (χ1n) is 5.63. The molecule has 0 saturated heterocycles. The van der Waals surface area contributed by atoms with Gasteiger partial charge in [-0.15, -0.1) is 0 Å². The Labute approximate surface area is 90.8 Å². The molecular weight excluding hydrogens is 184 g/mol. The highest BCUT2D eigenvalue weighted by molar-refractivity contribution is 6.09. The first-order valence-corrected chi connectivity index (χ1v) is 5.63. The summed E-state index contributed by atoms with van der Waals surface area (Å²) in [5.74, 6) is 0.241. The van der Waals surface area contributed by atoms with E-state index in [0.29, 0.717) is 0 Å². The molecule has 0 aliphatic heterocycles. The second-order valence-electron chi connectivity index (χ2n) is 3.98. The monoisotopic (exact) mass is 200 g/mol. The number of hydrogen-bond acceptors (Lipinski definition) is 1. The fraction of sp³-hybridized carbons (Fsp3) is 0.357. The maximum atomic E-state index is 12.2. The maximum absolute atomic E-state index is 12.2. The largest absolute Gasteiger partial charge is 0.289 e. The summed E-state index contributed by atoms with van der Waals surface area (Å²) in [4.78, 5) is 12.2. The van der Waals surface area contributed by atoms with Crippen molar-refractivity contribution in [3.8, 4) is 0 Å². The Kier molecular flexibility index (Phi) is 3.00. The molecule has 0 aromatic heterocycles. The van der Waals surface area contributed by atoms with Gasteiger partial charge in [0.1, 0.15) is 0 Å². The molecule has 1 aliphatic carbocycles. The van der Waals surface area contributed by atoms with Gasteiger partial charge in [-0.3, -0.25) is 4.79 Å². The predicted octanol–water partition coefficient (Wildman–Crippen LogP) is 3.76. The summed E-state index contributed by atoms with van der Waals surface area (Å²) in [6.07, 6.45) is 4.26. The highest BCUT2D eigenvalue weighted by Crippen LogP contribution is 2.30. The van der Waals surface area contributed by atoms with Crippen LogP contribution in [0.4, 0.5) is 0 Å². The van der Waals surface area contributed by atoms with E-state index < -0.39 is 0 Å². The van der Waals surface area contributed by atoms with Gasteiger partial charge in [0.2, 0.25) is 0 Å². The fourth-order valence-electron chi connectivity index (χ4n) is 2.23. The van der Waals surface area contributed by atoms with Crippen molar-refractivity contribution < 1.29 is 4.79 Å². The number of hydrogen-bond donors (Lipinski definition) is 0. The van der Waals surface area contributed by atoms with Crippen molar-refractivity contribution in [3.63, 3.8) is 0 Å². The third-order valence-electron chi connectivity index (χ3n) is 3.07. The topological polar surface area (TPSA) is 17.1 Å². The molecule has 2 rings (SSSR count). The Hall–Kier alpha value is -1.37. The zero-order valence-electron chi connectivity index (χ0n) is 9.12. The van der Waals surface area contributed by atoms with Crippen molar-refractivity contribution in [2.24, 2.45) is 0 Å². The van der Waals surface area contributed by atoms with Gasteiger partial charge in [0.05, 0.1) is 0 Å². The Morgan fingerprint density at radius 3 is 2.60 bits per heavy atom. The molecule has 0 atom stereocenters. The summed E-state index contributed by atoms with van der Waals surface area (Å²) in [6, 6.07) is 9.60. The lowest BCUT2D eigenvalue weighted by molar-refractivity contribution is 0.103. The predicted molar refractivity (Wildman–Crippen MR) is 61.9 cm³/mol. The van der Waals surface area contributed by atoms with Gasteiger partial charge in [-0.1, -0.05) is 42.8 Å². The molecule has 0 heterocycles. The number of rotatable bonds is 3. The van der Waals surface area contributed by atoms with Crippen LogP contribution in [0.25, 0.3) is 0 Å². The normalized spacial score (nSPS) is 15.8. The molecule has 1 nitrogen and oxygen atoms in total. The lowest BCUT2D eigenvalue weighted by Crippen LogP contribution is -2.02. The molecule has 0 radical (unpaired) electrons. The van der Waals surface area contributed by atoms with Crippen LogP contribution in [0.5, 0.6) is 0 Å². The average molecular weight is 200 g/mol. The minimum Gasteiger partial charge on any atom is -0.289 e. The van der Waals surface area contributed by atoms with Crippen molar-refractivity contribution >= 4 is 5.78 Å². The van der Waals surface area contributed by atoms with E-state index in [-0.39, 0.29) is 5.78 Å². The second-order valence-corrected chi connectivity index (χ2v) is 3.98. The number of Topliss-reactive ketones (excluding diaryl/α,β-unsaturated/α-hetero) is 1. The van der Waals surface area contributed by atoms with Crippen LogP contribution in [0.15, 0.2) is 41.5 Å². The van der Waals surface area contributed by atoms with E-state index in [2.05, 4.69) is 6.92 Å². The molecule has 78 valence electrons. The third-order valence-corrected chi connectivity index (χ3v) is 3.07. The summed E-state index contributed by atoms with van der Waals surface area (Å²) in [5.41, 5.74) is 3.27. The van der Waals surface area contributed by atoms with Crippen LogP contribution in [0.1, 0.15) is 43.0 Å². The smallest absolute Gasteiger partial charge is 0.188 e. The zero-order chi connectivity index (χ0) is 10.7. The van der Waals surface area contributed by atoms with Crippen molar-refractivity contribution in [1.29, 1.82) is 0 Å². The maximum Gasteiger partial charge on any atom is 0.188 e. The molecule has 1 aromatic rings. The highest BCUT2D eigenvalue weighted by Gasteiger charge is 2.20. The SMILES string of the molecule is CCC1=C(C(=O)c2ccccc2)CCC1. The van der Waals surface area contributed by atoms with E-state index in [1.54, 1.807) is 0 Å². The van der Waals surface area contributed by atoms with Crippen LogP contribution >= 0.6 is 0 Å². The highest BCUT2D eigenvalue weighted by atomic mass is 16.1. The van der Waals surface area contributed by atoms with Crippen molar-refractivity contribution in [2.45, 2.75) is 32.6 Å². The van der Waals surface area contributed by atoms with Crippen molar-refractivity contribution in [1.82, 2.24) is 0 Å². The molecular formula is C14H16O. The van der Waals surface area contributed by atoms with E-state index in [0.717, 1.165) is 36.8 Å². The van der Waals surface area contributed by atoms with Gasteiger partial charge in [-0.25, -0.2) is 0 Å². The minimum absolute atomic E-state index is 0.241. The summed E-state index contributed by atoms with van der Waals surface area (Å²) >= 11 is 0. The molecule has 0 spiro atoms. The molecule has 1 heteroatoms. The van der Waals surface area contributed by atoms with E-state index in [1.165, 1.54) is 5.57 Å². The average Bonchev–Trinajstić information content (AvgIpc) is 2.77. The number of allylic oxidation sites excluding steroid dienone is 2. The van der Waals surface area contributed by atoms with Crippen molar-refractivity contribution in [3.05, 3.63) is 47.0 Å². The van der Waals surface area contributed by atoms with Gasteiger partial charge in [-0.2, -0.15) is 0 Å². The van der Waals surface area contributed by atoms with E-state index >= 15 is 0 Å². The standard InChI is InChI=1S/C14H16O/c1-2-11-9-6-10-13(11)14(15)12-7-4-3-5-8-12/h3-5,7-8H,2,6,9-10H2,1H3. The van der Waals surface area contributed by atoms with Crippen LogP contribution in [-0.4, -0.2) is 5.78 Å². The zero-order valence-corrected chi connectivity index (χ0v) is 9.12. The lowest BCUT2D eigenvalue weighted by Gasteiger charge is -2.04. The van der Waals surface area contributed by atoms with Crippen molar-refractivity contribution in [2.75, 3.05) is 0 Å². The molecule has 15 heavy (non-hydrogen) atoms. The molecule has 0 saturated carbocycles. The third kappa shape index (κ3) is 2.01. The first kappa shape index (κ1) is 10.2. The molecule has 0 N–H and O–H groups in total. The van der Waals surface area contributed by atoms with Crippen LogP contribution < -0.4 is 0 Å². The Morgan fingerprint density at radius 1 is 1.20 bits per heavy atom. The Balaban J connectivity index is 2.29. The molecule has 0 fully saturated rings. The molecule has 0 unspecified atom stereocenters. The number of ketones is 1. The molecule has 0 bridgehead atoms. The second kappa shape index (κ2) is 4.43. The molecule has 1 aromatic carbocycles. The fourth-order valence-corrected chi connectivity index (χ4v) is 2.23. The number of carbonyl (C=O) groups excluding carboxylic acids is 1. The van der Waals surface area contributed by atoms with E-state index in [1.807, 2.05) is 30.3 Å². The summed E-state index contributed by atoms with van der Waals surface area (Å²) in [7, 11) is 0. The van der Waals surface area contributed by atoms with Gasteiger partial charge in [0.25, 0.3) is 0 Å². The van der Waals surface area contributed by atoms with Gasteiger partial charge < -0.3 is 0 Å². The molecule has 0 amide bonds. The van der Waals surface area contributed by atoms with E-state index in [9.17, 15) is 4.79 Å². The van der Waals surface area contributed by atoms with Crippen LogP contribution in [0, 0.1) is 0 Å².